The summed E-state index contributed by atoms with van der Waals surface area (Å²) in [7, 11) is 0. The molecule has 88 valence electrons. The minimum atomic E-state index is 0.111. The Balaban J connectivity index is 2.13. The second kappa shape index (κ2) is 6.55. The summed E-state index contributed by atoms with van der Waals surface area (Å²) >= 11 is 1.25. The Hall–Kier alpha value is -1.00. The average Bonchev–Trinajstić information content (AvgIpc) is 2.61. The van der Waals surface area contributed by atoms with Crippen LogP contribution in [-0.2, 0) is 8.98 Å². The van der Waals surface area contributed by atoms with E-state index in [2.05, 4.69) is 18.5 Å². The maximum Gasteiger partial charge on any atom is 0.220 e. The fourth-order valence-corrected chi connectivity index (χ4v) is 1.79. The summed E-state index contributed by atoms with van der Waals surface area (Å²) in [4.78, 5) is 11.7. The van der Waals surface area contributed by atoms with Gasteiger partial charge in [-0.25, -0.2) is 0 Å². The third kappa shape index (κ3) is 5.19. The lowest BCUT2D eigenvalue weighted by Crippen LogP contribution is -2.15. The first kappa shape index (κ1) is 13.1. The Morgan fingerprint density at radius 3 is 2.94 bits per heavy atom. The third-order valence-corrected chi connectivity index (χ3v) is 2.69. The second-order valence-electron chi connectivity index (χ2n) is 3.89. The molecule has 1 heterocycles. The molecule has 4 heteroatoms. The van der Waals surface area contributed by atoms with Gasteiger partial charge >= 0.3 is 0 Å². The average molecular weight is 239 g/mol. The van der Waals surface area contributed by atoms with E-state index >= 15 is 0 Å². The molecule has 3 nitrogen and oxygen atoms in total. The molecule has 0 spiro atoms. The van der Waals surface area contributed by atoms with Gasteiger partial charge in [0.25, 0.3) is 0 Å². The van der Waals surface area contributed by atoms with E-state index in [1.54, 1.807) is 0 Å². The number of rotatable bonds is 6. The van der Waals surface area contributed by atoms with Crippen molar-refractivity contribution in [2.75, 3.05) is 13.2 Å². The van der Waals surface area contributed by atoms with Crippen molar-refractivity contribution < 1.29 is 8.98 Å². The number of hydrogen-bond donors (Lipinski definition) is 1. The van der Waals surface area contributed by atoms with Crippen molar-refractivity contribution in [3.05, 3.63) is 35.8 Å². The second-order valence-corrected chi connectivity index (χ2v) is 4.81. The smallest absolute Gasteiger partial charge is 0.220 e. The summed E-state index contributed by atoms with van der Waals surface area (Å²) < 4.78 is 5.40. The summed E-state index contributed by atoms with van der Waals surface area (Å²) in [5, 5.41) is 2.77. The number of amides is 1. The molecule has 1 N–H and O–H groups in total. The first-order chi connectivity index (χ1) is 7.58. The lowest BCUT2D eigenvalue weighted by molar-refractivity contribution is -0.119. The molecule has 0 saturated carbocycles. The van der Waals surface area contributed by atoms with Crippen LogP contribution in [0.15, 0.2) is 35.8 Å². The minimum Gasteiger partial charge on any atom is -0.356 e. The summed E-state index contributed by atoms with van der Waals surface area (Å²) in [6.45, 7) is 10.8. The largest absolute Gasteiger partial charge is 0.356 e. The first-order valence-corrected chi connectivity index (χ1v) is 5.90. The predicted molar refractivity (Wildman–Crippen MR) is 67.8 cm³/mol. The molecule has 1 atom stereocenters. The van der Waals surface area contributed by atoms with Gasteiger partial charge in [-0.05, 0) is 13.0 Å². The standard InChI is InChI=1S/C12H17NO2S/c1-9(2)4-5-10(3)16-15-8-11-6-12(14)13-7-11/h4-5,11H,1,3,6-8H2,2H3,(H,13,14)/b5-4-. The van der Waals surface area contributed by atoms with Gasteiger partial charge in [0.2, 0.25) is 5.91 Å². The van der Waals surface area contributed by atoms with Crippen molar-refractivity contribution in [3.8, 4) is 0 Å². The van der Waals surface area contributed by atoms with Crippen molar-refractivity contribution in [1.29, 1.82) is 0 Å². The van der Waals surface area contributed by atoms with Crippen LogP contribution < -0.4 is 5.32 Å². The van der Waals surface area contributed by atoms with Gasteiger partial charge in [-0.15, -0.1) is 0 Å². The molecule has 0 bridgehead atoms. The molecule has 1 aliphatic rings. The van der Waals surface area contributed by atoms with E-state index in [1.165, 1.54) is 12.0 Å². The Bertz CT molecular complexity index is 323. The Labute approximate surface area is 101 Å². The Morgan fingerprint density at radius 1 is 1.62 bits per heavy atom. The van der Waals surface area contributed by atoms with Gasteiger partial charge in [0.15, 0.2) is 0 Å². The van der Waals surface area contributed by atoms with Crippen LogP contribution >= 0.6 is 12.0 Å². The van der Waals surface area contributed by atoms with Crippen LogP contribution in [0.2, 0.25) is 0 Å². The van der Waals surface area contributed by atoms with E-state index in [1.807, 2.05) is 19.1 Å². The molecular formula is C12H17NO2S. The highest BCUT2D eigenvalue weighted by Gasteiger charge is 2.21. The number of carbonyl (C=O) groups excluding carboxylic acids is 1. The SMILES string of the molecule is C=C(C)/C=C\C(=C)SOCC1CNC(=O)C1. The molecule has 0 aromatic carbocycles. The summed E-state index contributed by atoms with van der Waals surface area (Å²) in [6.07, 6.45) is 4.32. The molecule has 0 radical (unpaired) electrons. The monoisotopic (exact) mass is 239 g/mol. The Kier molecular flexibility index (Phi) is 5.35. The topological polar surface area (TPSA) is 38.3 Å². The molecule has 0 aliphatic carbocycles. The van der Waals surface area contributed by atoms with E-state index < -0.39 is 0 Å². The quantitative estimate of drug-likeness (QED) is 0.571. The van der Waals surface area contributed by atoms with Crippen LogP contribution in [0.5, 0.6) is 0 Å². The molecule has 0 aromatic heterocycles. The predicted octanol–water partition coefficient (Wildman–Crippen LogP) is 2.43. The molecule has 1 amide bonds. The zero-order valence-corrected chi connectivity index (χ0v) is 10.3. The van der Waals surface area contributed by atoms with E-state index in [-0.39, 0.29) is 11.8 Å². The van der Waals surface area contributed by atoms with Crippen molar-refractivity contribution in [2.24, 2.45) is 5.92 Å². The van der Waals surface area contributed by atoms with Gasteiger partial charge in [0.1, 0.15) is 0 Å². The fraction of sp³-hybridized carbons (Fsp3) is 0.417. The maximum absolute atomic E-state index is 10.9. The van der Waals surface area contributed by atoms with Crippen LogP contribution in [-0.4, -0.2) is 19.1 Å². The number of allylic oxidation sites excluding steroid dienone is 3. The van der Waals surface area contributed by atoms with Crippen LogP contribution in [0.1, 0.15) is 13.3 Å². The van der Waals surface area contributed by atoms with Gasteiger partial charge in [0.05, 0.1) is 6.61 Å². The molecule has 1 rings (SSSR count). The molecule has 0 aromatic rings. The third-order valence-electron chi connectivity index (χ3n) is 2.09. The Morgan fingerprint density at radius 2 is 2.38 bits per heavy atom. The maximum atomic E-state index is 10.9. The minimum absolute atomic E-state index is 0.111. The van der Waals surface area contributed by atoms with Gasteiger partial charge in [-0.1, -0.05) is 24.8 Å². The lowest BCUT2D eigenvalue weighted by Gasteiger charge is -2.06. The van der Waals surface area contributed by atoms with E-state index in [9.17, 15) is 4.79 Å². The van der Waals surface area contributed by atoms with Gasteiger partial charge in [-0.2, -0.15) is 0 Å². The molecule has 1 aliphatic heterocycles. The van der Waals surface area contributed by atoms with Crippen molar-refractivity contribution in [2.45, 2.75) is 13.3 Å². The highest BCUT2D eigenvalue weighted by Crippen LogP contribution is 2.19. The van der Waals surface area contributed by atoms with Crippen LogP contribution in [0, 0.1) is 5.92 Å². The van der Waals surface area contributed by atoms with Crippen LogP contribution in [0.4, 0.5) is 0 Å². The molecular weight excluding hydrogens is 222 g/mol. The zero-order chi connectivity index (χ0) is 12.0. The van der Waals surface area contributed by atoms with Crippen molar-refractivity contribution in [1.82, 2.24) is 5.32 Å². The van der Waals surface area contributed by atoms with Crippen molar-refractivity contribution in [3.63, 3.8) is 0 Å². The van der Waals surface area contributed by atoms with E-state index in [0.29, 0.717) is 19.6 Å². The van der Waals surface area contributed by atoms with Gasteiger partial charge in [-0.3, -0.25) is 4.79 Å². The molecule has 1 unspecified atom stereocenters. The molecule has 16 heavy (non-hydrogen) atoms. The summed E-state index contributed by atoms with van der Waals surface area (Å²) in [6, 6.07) is 0. The normalized spacial score (nSPS) is 20.1. The first-order valence-electron chi connectivity index (χ1n) is 5.16. The number of nitrogens with one attached hydrogen (secondary N) is 1. The fourth-order valence-electron chi connectivity index (χ4n) is 1.25. The number of carbonyl (C=O) groups is 1. The van der Waals surface area contributed by atoms with E-state index in [4.69, 9.17) is 4.18 Å². The highest BCUT2D eigenvalue weighted by molar-refractivity contribution is 7.98. The van der Waals surface area contributed by atoms with Gasteiger partial charge in [0, 0.05) is 35.8 Å². The van der Waals surface area contributed by atoms with Crippen LogP contribution in [0.3, 0.4) is 0 Å². The van der Waals surface area contributed by atoms with Crippen molar-refractivity contribution >= 4 is 17.9 Å². The molecule has 1 saturated heterocycles. The van der Waals surface area contributed by atoms with Gasteiger partial charge < -0.3 is 9.50 Å². The number of hydrogen-bond acceptors (Lipinski definition) is 3. The summed E-state index contributed by atoms with van der Waals surface area (Å²) in [5.74, 6) is 0.400. The molecule has 1 fully saturated rings. The summed E-state index contributed by atoms with van der Waals surface area (Å²) in [5.41, 5.74) is 0.979. The highest BCUT2D eigenvalue weighted by atomic mass is 32.2. The zero-order valence-electron chi connectivity index (χ0n) is 9.49. The van der Waals surface area contributed by atoms with Crippen LogP contribution in [0.25, 0.3) is 0 Å². The lowest BCUT2D eigenvalue weighted by atomic mass is 10.1. The van der Waals surface area contributed by atoms with E-state index in [0.717, 1.165) is 10.5 Å².